The Morgan fingerprint density at radius 2 is 1.83 bits per heavy atom. The molecule has 0 aliphatic carbocycles. The Balaban J connectivity index is 2.05. The molecule has 0 aromatic heterocycles. The van der Waals surface area contributed by atoms with Crippen LogP contribution in [0.2, 0.25) is 0 Å². The van der Waals surface area contributed by atoms with Gasteiger partial charge in [-0.15, -0.1) is 0 Å². The van der Waals surface area contributed by atoms with Gasteiger partial charge in [0, 0.05) is 5.56 Å². The maximum absolute atomic E-state index is 12.2. The predicted molar refractivity (Wildman–Crippen MR) is 90.8 cm³/mol. The molecule has 4 nitrogen and oxygen atoms in total. The monoisotopic (exact) mass is 323 g/mol. The first-order valence-corrected chi connectivity index (χ1v) is 7.71. The third-order valence-corrected chi connectivity index (χ3v) is 3.51. The van der Waals surface area contributed by atoms with Crippen LogP contribution < -0.4 is 9.84 Å². The summed E-state index contributed by atoms with van der Waals surface area (Å²) in [7, 11) is 0. The SMILES string of the molecule is CC(C)c1ccc(/C=C/C(=O)c2cccc(OCC(=O)[O-])c2)cc1. The van der Waals surface area contributed by atoms with E-state index in [0.717, 1.165) is 5.56 Å². The van der Waals surface area contributed by atoms with Gasteiger partial charge in [-0.05, 0) is 35.3 Å². The molecule has 0 N–H and O–H groups in total. The summed E-state index contributed by atoms with van der Waals surface area (Å²) in [5.74, 6) is -0.702. The van der Waals surface area contributed by atoms with Gasteiger partial charge >= 0.3 is 0 Å². The highest BCUT2D eigenvalue weighted by atomic mass is 16.5. The van der Waals surface area contributed by atoms with Gasteiger partial charge in [0.1, 0.15) is 12.4 Å². The van der Waals surface area contributed by atoms with E-state index < -0.39 is 12.6 Å². The zero-order chi connectivity index (χ0) is 17.5. The summed E-state index contributed by atoms with van der Waals surface area (Å²) in [5.41, 5.74) is 2.62. The molecule has 2 aromatic rings. The van der Waals surface area contributed by atoms with E-state index in [1.54, 1.807) is 24.3 Å². The molecule has 0 amide bonds. The fourth-order valence-electron chi connectivity index (χ4n) is 2.14. The lowest BCUT2D eigenvalue weighted by atomic mass is 10.0. The maximum atomic E-state index is 12.2. The number of carboxylic acids is 1. The Kier molecular flexibility index (Phi) is 5.90. The highest BCUT2D eigenvalue weighted by molar-refractivity contribution is 6.07. The smallest absolute Gasteiger partial charge is 0.185 e. The quantitative estimate of drug-likeness (QED) is 0.580. The van der Waals surface area contributed by atoms with Crippen molar-refractivity contribution in [2.75, 3.05) is 6.61 Å². The van der Waals surface area contributed by atoms with Crippen LogP contribution in [0.15, 0.2) is 54.6 Å². The standard InChI is InChI=1S/C20H20O4/c1-14(2)16-9-6-15(7-10-16)8-11-19(21)17-4-3-5-18(12-17)24-13-20(22)23/h3-12,14H,13H2,1-2H3,(H,22,23)/p-1/b11-8+. The van der Waals surface area contributed by atoms with E-state index in [-0.39, 0.29) is 5.78 Å². The van der Waals surface area contributed by atoms with Crippen molar-refractivity contribution in [2.24, 2.45) is 0 Å². The average Bonchev–Trinajstić information content (AvgIpc) is 2.58. The zero-order valence-electron chi connectivity index (χ0n) is 13.7. The van der Waals surface area contributed by atoms with Crippen molar-refractivity contribution in [1.29, 1.82) is 0 Å². The summed E-state index contributed by atoms with van der Waals surface area (Å²) in [4.78, 5) is 22.6. The number of allylic oxidation sites excluding steroid dienone is 1. The number of hydrogen-bond acceptors (Lipinski definition) is 4. The first kappa shape index (κ1) is 17.5. The van der Waals surface area contributed by atoms with Crippen LogP contribution in [-0.4, -0.2) is 18.4 Å². The molecular formula is C20H19O4-. The summed E-state index contributed by atoms with van der Waals surface area (Å²) in [6.45, 7) is 3.71. The number of carboxylic acid groups (broad SMARTS) is 1. The lowest BCUT2D eigenvalue weighted by Gasteiger charge is -2.07. The zero-order valence-corrected chi connectivity index (χ0v) is 13.7. The third kappa shape index (κ3) is 5.09. The third-order valence-electron chi connectivity index (χ3n) is 3.51. The lowest BCUT2D eigenvalue weighted by molar-refractivity contribution is -0.307. The minimum absolute atomic E-state index is 0.179. The first-order valence-electron chi connectivity index (χ1n) is 7.71. The molecular weight excluding hydrogens is 304 g/mol. The molecule has 0 heterocycles. The molecule has 0 atom stereocenters. The van der Waals surface area contributed by atoms with Gasteiger partial charge in [0.15, 0.2) is 5.78 Å². The van der Waals surface area contributed by atoms with Gasteiger partial charge in [0.05, 0.1) is 5.97 Å². The summed E-state index contributed by atoms with van der Waals surface area (Å²) in [5, 5.41) is 10.4. The van der Waals surface area contributed by atoms with Gasteiger partial charge in [0.2, 0.25) is 0 Å². The van der Waals surface area contributed by atoms with E-state index in [4.69, 9.17) is 4.74 Å². The molecule has 4 heteroatoms. The molecule has 0 spiro atoms. The minimum Gasteiger partial charge on any atom is -0.546 e. The fraction of sp³-hybridized carbons (Fsp3) is 0.200. The van der Waals surface area contributed by atoms with Crippen molar-refractivity contribution in [3.05, 3.63) is 71.3 Å². The van der Waals surface area contributed by atoms with E-state index in [1.165, 1.54) is 17.7 Å². The molecule has 124 valence electrons. The van der Waals surface area contributed by atoms with Crippen molar-refractivity contribution in [3.8, 4) is 5.75 Å². The highest BCUT2D eigenvalue weighted by Gasteiger charge is 2.04. The second-order valence-electron chi connectivity index (χ2n) is 5.71. The molecule has 2 rings (SSSR count). The lowest BCUT2D eigenvalue weighted by Crippen LogP contribution is -2.28. The van der Waals surface area contributed by atoms with Crippen LogP contribution in [-0.2, 0) is 4.79 Å². The van der Waals surface area contributed by atoms with Gasteiger partial charge < -0.3 is 14.6 Å². The molecule has 0 saturated carbocycles. The largest absolute Gasteiger partial charge is 0.546 e. The molecule has 0 saturated heterocycles. The van der Waals surface area contributed by atoms with Crippen LogP contribution in [0.4, 0.5) is 0 Å². The Morgan fingerprint density at radius 3 is 2.46 bits per heavy atom. The first-order chi connectivity index (χ1) is 11.5. The van der Waals surface area contributed by atoms with Crippen molar-refractivity contribution < 1.29 is 19.4 Å². The predicted octanol–water partition coefficient (Wildman–Crippen LogP) is 2.83. The van der Waals surface area contributed by atoms with Gasteiger partial charge in [-0.1, -0.05) is 56.3 Å². The summed E-state index contributed by atoms with van der Waals surface area (Å²) < 4.78 is 5.02. The van der Waals surface area contributed by atoms with E-state index in [9.17, 15) is 14.7 Å². The molecule has 2 aromatic carbocycles. The maximum Gasteiger partial charge on any atom is 0.185 e. The van der Waals surface area contributed by atoms with Gasteiger partial charge in [-0.2, -0.15) is 0 Å². The molecule has 0 aliphatic rings. The molecule has 0 aliphatic heterocycles. The van der Waals surface area contributed by atoms with Gasteiger partial charge in [0.25, 0.3) is 0 Å². The minimum atomic E-state index is -1.31. The number of benzene rings is 2. The van der Waals surface area contributed by atoms with Crippen LogP contribution in [0.3, 0.4) is 0 Å². The second kappa shape index (κ2) is 8.11. The second-order valence-corrected chi connectivity index (χ2v) is 5.71. The number of rotatable bonds is 7. The Hall–Kier alpha value is -2.88. The normalized spacial score (nSPS) is 11.0. The number of ketones is 1. The van der Waals surface area contributed by atoms with E-state index in [0.29, 0.717) is 17.2 Å². The molecule has 0 bridgehead atoms. The van der Waals surface area contributed by atoms with Gasteiger partial charge in [-0.25, -0.2) is 0 Å². The van der Waals surface area contributed by atoms with Crippen LogP contribution in [0.25, 0.3) is 6.08 Å². The summed E-state index contributed by atoms with van der Waals surface area (Å²) in [6.07, 6.45) is 3.24. The van der Waals surface area contributed by atoms with Crippen molar-refractivity contribution >= 4 is 17.8 Å². The van der Waals surface area contributed by atoms with Crippen LogP contribution >= 0.6 is 0 Å². The molecule has 24 heavy (non-hydrogen) atoms. The Bertz CT molecular complexity index is 742. The Morgan fingerprint density at radius 1 is 1.12 bits per heavy atom. The molecule has 0 fully saturated rings. The number of carbonyl (C=O) groups excluding carboxylic acids is 2. The van der Waals surface area contributed by atoms with Crippen LogP contribution in [0.5, 0.6) is 5.75 Å². The van der Waals surface area contributed by atoms with Crippen LogP contribution in [0.1, 0.15) is 41.3 Å². The van der Waals surface area contributed by atoms with Gasteiger partial charge in [-0.3, -0.25) is 4.79 Å². The number of hydrogen-bond donors (Lipinski definition) is 0. The van der Waals surface area contributed by atoms with Crippen molar-refractivity contribution in [2.45, 2.75) is 19.8 Å². The van der Waals surface area contributed by atoms with Crippen molar-refractivity contribution in [1.82, 2.24) is 0 Å². The van der Waals surface area contributed by atoms with Crippen LogP contribution in [0, 0.1) is 0 Å². The summed E-state index contributed by atoms with van der Waals surface area (Å²) >= 11 is 0. The summed E-state index contributed by atoms with van der Waals surface area (Å²) in [6, 6.07) is 14.4. The van der Waals surface area contributed by atoms with E-state index >= 15 is 0 Å². The van der Waals surface area contributed by atoms with E-state index in [2.05, 4.69) is 13.8 Å². The molecule has 0 radical (unpaired) electrons. The fourth-order valence-corrected chi connectivity index (χ4v) is 2.14. The highest BCUT2D eigenvalue weighted by Crippen LogP contribution is 2.17. The van der Waals surface area contributed by atoms with Crippen molar-refractivity contribution in [3.63, 3.8) is 0 Å². The number of carbonyl (C=O) groups is 2. The average molecular weight is 323 g/mol. The number of aliphatic carboxylic acids is 1. The topological polar surface area (TPSA) is 66.4 Å². The van der Waals surface area contributed by atoms with E-state index in [1.807, 2.05) is 24.3 Å². The number of ether oxygens (including phenoxy) is 1. The molecule has 0 unspecified atom stereocenters. The Labute approximate surface area is 141 Å².